The van der Waals surface area contributed by atoms with E-state index in [9.17, 15) is 14.0 Å². The number of hydrogen-bond acceptors (Lipinski definition) is 4. The summed E-state index contributed by atoms with van der Waals surface area (Å²) in [4.78, 5) is 29.0. The molecular formula is C13H12ClFN4O2. The summed E-state index contributed by atoms with van der Waals surface area (Å²) in [6.45, 7) is 0. The van der Waals surface area contributed by atoms with E-state index in [1.165, 1.54) is 23.7 Å². The maximum Gasteiger partial charge on any atom is 0.252 e. The first-order valence-electron chi connectivity index (χ1n) is 6.33. The predicted octanol–water partition coefficient (Wildman–Crippen LogP) is 1.73. The number of carbonyl (C=O) groups is 2. The van der Waals surface area contributed by atoms with Crippen molar-refractivity contribution in [2.45, 2.75) is 18.9 Å². The predicted molar refractivity (Wildman–Crippen MR) is 75.2 cm³/mol. The molecule has 1 aliphatic rings. The third kappa shape index (κ3) is 2.04. The van der Waals surface area contributed by atoms with E-state index in [0.717, 1.165) is 4.90 Å². The van der Waals surface area contributed by atoms with Crippen molar-refractivity contribution in [3.05, 3.63) is 23.0 Å². The smallest absolute Gasteiger partial charge is 0.252 e. The highest BCUT2D eigenvalue weighted by molar-refractivity contribution is 6.31. The zero-order valence-electron chi connectivity index (χ0n) is 11.1. The number of amides is 2. The van der Waals surface area contributed by atoms with Crippen LogP contribution < -0.4 is 5.73 Å². The summed E-state index contributed by atoms with van der Waals surface area (Å²) >= 11 is 5.79. The van der Waals surface area contributed by atoms with Gasteiger partial charge in [-0.3, -0.25) is 19.1 Å². The summed E-state index contributed by atoms with van der Waals surface area (Å²) in [5, 5.41) is -0.0728. The zero-order valence-corrected chi connectivity index (χ0v) is 11.9. The first-order valence-corrected chi connectivity index (χ1v) is 6.71. The molecule has 21 heavy (non-hydrogen) atoms. The number of aromatic nitrogens is 2. The maximum atomic E-state index is 13.5. The second kappa shape index (κ2) is 4.70. The molecule has 1 fully saturated rings. The number of piperidine rings is 1. The molecule has 0 bridgehead atoms. The van der Waals surface area contributed by atoms with Gasteiger partial charge in [0.05, 0.1) is 16.1 Å². The van der Waals surface area contributed by atoms with E-state index in [2.05, 4.69) is 4.98 Å². The summed E-state index contributed by atoms with van der Waals surface area (Å²) in [6, 6.07) is 1.92. The third-order valence-electron chi connectivity index (χ3n) is 3.69. The van der Waals surface area contributed by atoms with Crippen molar-refractivity contribution in [3.8, 4) is 0 Å². The fourth-order valence-electron chi connectivity index (χ4n) is 2.57. The van der Waals surface area contributed by atoms with Gasteiger partial charge in [-0.15, -0.1) is 0 Å². The molecule has 1 aromatic carbocycles. The Balaban J connectivity index is 2.16. The van der Waals surface area contributed by atoms with Gasteiger partial charge < -0.3 is 5.73 Å². The molecule has 2 heterocycles. The number of fused-ring (bicyclic) bond motifs is 1. The molecule has 0 saturated carbocycles. The molecule has 3 rings (SSSR count). The summed E-state index contributed by atoms with van der Waals surface area (Å²) in [5.74, 6) is -1.11. The Kier molecular flexibility index (Phi) is 3.09. The largest absolute Gasteiger partial charge is 0.369 e. The first kappa shape index (κ1) is 13.8. The van der Waals surface area contributed by atoms with Gasteiger partial charge in [0.2, 0.25) is 11.9 Å². The lowest BCUT2D eigenvalue weighted by Crippen LogP contribution is -2.43. The molecule has 1 aliphatic heterocycles. The highest BCUT2D eigenvalue weighted by atomic mass is 35.5. The molecule has 1 saturated heterocycles. The van der Waals surface area contributed by atoms with Gasteiger partial charge in [0.1, 0.15) is 11.9 Å². The number of likely N-dealkylation sites (N-methyl/N-ethyl adjacent to an activating group) is 1. The number of nitrogen functional groups attached to an aromatic ring is 1. The topological polar surface area (TPSA) is 81.2 Å². The summed E-state index contributed by atoms with van der Waals surface area (Å²) in [5.41, 5.74) is 6.65. The van der Waals surface area contributed by atoms with Gasteiger partial charge in [0.25, 0.3) is 5.91 Å². The van der Waals surface area contributed by atoms with Crippen molar-refractivity contribution in [1.82, 2.24) is 14.5 Å². The van der Waals surface area contributed by atoms with Crippen LogP contribution in [0, 0.1) is 5.82 Å². The highest BCUT2D eigenvalue weighted by Crippen LogP contribution is 2.32. The Morgan fingerprint density at radius 3 is 2.86 bits per heavy atom. The number of likely N-dealkylation sites (tertiary alicyclic amines) is 1. The van der Waals surface area contributed by atoms with Crippen molar-refractivity contribution < 1.29 is 14.0 Å². The number of nitrogens with two attached hydrogens (primary N) is 1. The third-order valence-corrected chi connectivity index (χ3v) is 3.98. The van der Waals surface area contributed by atoms with Crippen LogP contribution in [0.1, 0.15) is 18.9 Å². The Labute approximate surface area is 124 Å². The molecule has 2 aromatic rings. The van der Waals surface area contributed by atoms with Crippen LogP contribution in [0.25, 0.3) is 11.0 Å². The standard InChI is InChI=1S/C13H12ClFN4O2/c1-18-11(20)3-2-9(12(18)21)19-10-4-6(14)7(15)5-8(10)17-13(19)16/h4-5,9H,2-3H2,1H3,(H2,16,17). The molecule has 110 valence electrons. The van der Waals surface area contributed by atoms with E-state index in [1.807, 2.05) is 0 Å². The van der Waals surface area contributed by atoms with Crippen LogP contribution in [0.5, 0.6) is 0 Å². The number of benzene rings is 1. The summed E-state index contributed by atoms with van der Waals surface area (Å²) in [6.07, 6.45) is 0.563. The lowest BCUT2D eigenvalue weighted by atomic mass is 10.0. The van der Waals surface area contributed by atoms with E-state index in [0.29, 0.717) is 17.5 Å². The number of hydrogen-bond donors (Lipinski definition) is 1. The molecular weight excluding hydrogens is 299 g/mol. The van der Waals surface area contributed by atoms with E-state index < -0.39 is 11.9 Å². The number of imidazole rings is 1. The monoisotopic (exact) mass is 310 g/mol. The number of rotatable bonds is 1. The van der Waals surface area contributed by atoms with Crippen molar-refractivity contribution in [3.63, 3.8) is 0 Å². The zero-order chi connectivity index (χ0) is 15.3. The number of halogens is 2. The fraction of sp³-hybridized carbons (Fsp3) is 0.308. The molecule has 0 aliphatic carbocycles. The van der Waals surface area contributed by atoms with Gasteiger partial charge in [0, 0.05) is 19.5 Å². The van der Waals surface area contributed by atoms with Crippen LogP contribution in [0.2, 0.25) is 5.02 Å². The molecule has 0 radical (unpaired) electrons. The van der Waals surface area contributed by atoms with Crippen LogP contribution in [0.3, 0.4) is 0 Å². The van der Waals surface area contributed by atoms with E-state index in [-0.39, 0.29) is 29.2 Å². The molecule has 0 spiro atoms. The molecule has 2 amide bonds. The number of imide groups is 1. The van der Waals surface area contributed by atoms with Crippen LogP contribution in [-0.2, 0) is 9.59 Å². The minimum absolute atomic E-state index is 0.0728. The van der Waals surface area contributed by atoms with E-state index >= 15 is 0 Å². The van der Waals surface area contributed by atoms with Crippen molar-refractivity contribution in [1.29, 1.82) is 0 Å². The van der Waals surface area contributed by atoms with Gasteiger partial charge in [-0.2, -0.15) is 0 Å². The quantitative estimate of drug-likeness (QED) is 0.813. The van der Waals surface area contributed by atoms with Crippen LogP contribution in [-0.4, -0.2) is 33.3 Å². The average molecular weight is 311 g/mol. The number of nitrogens with zero attached hydrogens (tertiary/aromatic N) is 3. The second-order valence-electron chi connectivity index (χ2n) is 4.94. The minimum atomic E-state index is -0.640. The lowest BCUT2D eigenvalue weighted by Gasteiger charge is -2.29. The molecule has 1 aromatic heterocycles. The number of carbonyl (C=O) groups excluding carboxylic acids is 2. The maximum absolute atomic E-state index is 13.5. The average Bonchev–Trinajstić information content (AvgIpc) is 2.73. The van der Waals surface area contributed by atoms with Gasteiger partial charge in [-0.25, -0.2) is 9.37 Å². The Morgan fingerprint density at radius 2 is 2.14 bits per heavy atom. The molecule has 6 nitrogen and oxygen atoms in total. The Bertz CT molecular complexity index is 773. The number of anilines is 1. The highest BCUT2D eigenvalue weighted by Gasteiger charge is 2.35. The van der Waals surface area contributed by atoms with Crippen molar-refractivity contribution in [2.75, 3.05) is 12.8 Å². The molecule has 1 atom stereocenters. The molecule has 1 unspecified atom stereocenters. The Hall–Kier alpha value is -2.15. The van der Waals surface area contributed by atoms with E-state index in [1.54, 1.807) is 0 Å². The minimum Gasteiger partial charge on any atom is -0.369 e. The fourth-order valence-corrected chi connectivity index (χ4v) is 2.73. The SMILES string of the molecule is CN1C(=O)CCC(n2c(N)nc3cc(F)c(Cl)cc32)C1=O. The van der Waals surface area contributed by atoms with Crippen molar-refractivity contribution in [2.24, 2.45) is 0 Å². The van der Waals surface area contributed by atoms with E-state index in [4.69, 9.17) is 17.3 Å². The van der Waals surface area contributed by atoms with Gasteiger partial charge in [0.15, 0.2) is 0 Å². The second-order valence-corrected chi connectivity index (χ2v) is 5.35. The lowest BCUT2D eigenvalue weighted by molar-refractivity contribution is -0.149. The normalized spacial score (nSPS) is 19.6. The summed E-state index contributed by atoms with van der Waals surface area (Å²) < 4.78 is 15.0. The molecule has 2 N–H and O–H groups in total. The van der Waals surface area contributed by atoms with Crippen molar-refractivity contribution >= 4 is 40.4 Å². The molecule has 8 heteroatoms. The van der Waals surface area contributed by atoms with Gasteiger partial charge in [-0.1, -0.05) is 11.6 Å². The Morgan fingerprint density at radius 1 is 1.43 bits per heavy atom. The van der Waals surface area contributed by atoms with Crippen LogP contribution in [0.15, 0.2) is 12.1 Å². The first-order chi connectivity index (χ1) is 9.90. The summed E-state index contributed by atoms with van der Waals surface area (Å²) in [7, 11) is 1.43. The van der Waals surface area contributed by atoms with Crippen LogP contribution in [0.4, 0.5) is 10.3 Å². The van der Waals surface area contributed by atoms with Gasteiger partial charge in [-0.05, 0) is 12.5 Å². The van der Waals surface area contributed by atoms with Crippen LogP contribution >= 0.6 is 11.6 Å². The van der Waals surface area contributed by atoms with Gasteiger partial charge >= 0.3 is 0 Å².